The lowest BCUT2D eigenvalue weighted by molar-refractivity contribution is 0.0219. The highest BCUT2D eigenvalue weighted by atomic mass is 16.5. The van der Waals surface area contributed by atoms with Crippen molar-refractivity contribution in [1.82, 2.24) is 0 Å². The molecular weight excluding hydrogens is 206 g/mol. The number of ether oxygens (including phenoxy) is 1. The third kappa shape index (κ3) is 2.24. The van der Waals surface area contributed by atoms with E-state index >= 15 is 0 Å². The number of hydrogen-bond acceptors (Lipinski definition) is 4. The van der Waals surface area contributed by atoms with Crippen molar-refractivity contribution >= 4 is 11.0 Å². The van der Waals surface area contributed by atoms with Gasteiger partial charge in [-0.3, -0.25) is 0 Å². The second kappa shape index (κ2) is 5.12. The standard InChI is InChI=1S/C12H15NO3/c13-8-12(15-6-5-14)11-7-9-3-1-2-4-10(9)16-11/h1-4,7,12,14H,5-6,8,13H2. The fourth-order valence-corrected chi connectivity index (χ4v) is 1.62. The van der Waals surface area contributed by atoms with Crippen LogP contribution in [0.15, 0.2) is 34.7 Å². The molecule has 0 radical (unpaired) electrons. The van der Waals surface area contributed by atoms with Gasteiger partial charge >= 0.3 is 0 Å². The van der Waals surface area contributed by atoms with E-state index in [-0.39, 0.29) is 19.3 Å². The number of benzene rings is 1. The van der Waals surface area contributed by atoms with Crippen LogP contribution in [0.5, 0.6) is 0 Å². The van der Waals surface area contributed by atoms with E-state index in [0.717, 1.165) is 11.0 Å². The molecule has 0 amide bonds. The van der Waals surface area contributed by atoms with Crippen LogP contribution in [0, 0.1) is 0 Å². The summed E-state index contributed by atoms with van der Waals surface area (Å²) >= 11 is 0. The molecule has 2 rings (SSSR count). The average molecular weight is 221 g/mol. The quantitative estimate of drug-likeness (QED) is 0.801. The van der Waals surface area contributed by atoms with Gasteiger partial charge in [-0.05, 0) is 12.1 Å². The van der Waals surface area contributed by atoms with E-state index in [1.807, 2.05) is 30.3 Å². The summed E-state index contributed by atoms with van der Waals surface area (Å²) in [5.74, 6) is 0.706. The summed E-state index contributed by atoms with van der Waals surface area (Å²) in [4.78, 5) is 0. The lowest BCUT2D eigenvalue weighted by Crippen LogP contribution is -2.16. The van der Waals surface area contributed by atoms with Gasteiger partial charge < -0.3 is 20.0 Å². The molecule has 86 valence electrons. The Hall–Kier alpha value is -1.36. The SMILES string of the molecule is NCC(OCCO)c1cc2ccccc2o1. The van der Waals surface area contributed by atoms with Crippen molar-refractivity contribution in [2.45, 2.75) is 6.10 Å². The molecule has 0 bridgehead atoms. The normalized spacial score (nSPS) is 13.1. The van der Waals surface area contributed by atoms with E-state index in [4.69, 9.17) is 20.0 Å². The van der Waals surface area contributed by atoms with Crippen molar-refractivity contribution in [3.63, 3.8) is 0 Å². The molecule has 4 heteroatoms. The molecule has 1 atom stereocenters. The average Bonchev–Trinajstić information content (AvgIpc) is 2.73. The third-order valence-corrected chi connectivity index (χ3v) is 2.39. The van der Waals surface area contributed by atoms with Gasteiger partial charge in [0.1, 0.15) is 17.4 Å². The van der Waals surface area contributed by atoms with Gasteiger partial charge in [0.15, 0.2) is 0 Å². The minimum Gasteiger partial charge on any atom is -0.458 e. The summed E-state index contributed by atoms with van der Waals surface area (Å²) in [6, 6.07) is 9.67. The molecule has 0 spiro atoms. The van der Waals surface area contributed by atoms with Crippen molar-refractivity contribution in [3.8, 4) is 0 Å². The van der Waals surface area contributed by atoms with Gasteiger partial charge in [0.2, 0.25) is 0 Å². The van der Waals surface area contributed by atoms with Crippen molar-refractivity contribution in [2.75, 3.05) is 19.8 Å². The van der Waals surface area contributed by atoms with Gasteiger partial charge in [0.25, 0.3) is 0 Å². The number of para-hydroxylation sites is 1. The van der Waals surface area contributed by atoms with E-state index in [9.17, 15) is 0 Å². The Morgan fingerprint density at radius 3 is 2.88 bits per heavy atom. The van der Waals surface area contributed by atoms with Gasteiger partial charge in [-0.15, -0.1) is 0 Å². The van der Waals surface area contributed by atoms with Crippen LogP contribution in [0.25, 0.3) is 11.0 Å². The van der Waals surface area contributed by atoms with Crippen molar-refractivity contribution in [1.29, 1.82) is 0 Å². The number of hydrogen-bond donors (Lipinski definition) is 2. The minimum atomic E-state index is -0.292. The first-order valence-corrected chi connectivity index (χ1v) is 5.26. The van der Waals surface area contributed by atoms with Gasteiger partial charge in [0, 0.05) is 11.9 Å². The molecule has 16 heavy (non-hydrogen) atoms. The monoisotopic (exact) mass is 221 g/mol. The predicted molar refractivity (Wildman–Crippen MR) is 61.0 cm³/mol. The molecule has 1 aromatic carbocycles. The van der Waals surface area contributed by atoms with Gasteiger partial charge in [-0.25, -0.2) is 0 Å². The van der Waals surface area contributed by atoms with E-state index in [2.05, 4.69) is 0 Å². The molecule has 0 aliphatic heterocycles. The van der Waals surface area contributed by atoms with E-state index in [1.165, 1.54) is 0 Å². The number of aliphatic hydroxyl groups excluding tert-OH is 1. The Morgan fingerprint density at radius 1 is 1.38 bits per heavy atom. The lowest BCUT2D eigenvalue weighted by atomic mass is 10.2. The highest BCUT2D eigenvalue weighted by molar-refractivity contribution is 5.77. The number of fused-ring (bicyclic) bond motifs is 1. The minimum absolute atomic E-state index is 0.0171. The highest BCUT2D eigenvalue weighted by Gasteiger charge is 2.14. The largest absolute Gasteiger partial charge is 0.458 e. The van der Waals surface area contributed by atoms with Crippen molar-refractivity contribution < 1.29 is 14.3 Å². The first-order valence-electron chi connectivity index (χ1n) is 5.26. The molecule has 0 saturated carbocycles. The Kier molecular flexibility index (Phi) is 3.56. The Morgan fingerprint density at radius 2 is 2.19 bits per heavy atom. The van der Waals surface area contributed by atoms with E-state index < -0.39 is 0 Å². The summed E-state index contributed by atoms with van der Waals surface area (Å²) in [6.45, 7) is 0.579. The zero-order chi connectivity index (χ0) is 11.4. The van der Waals surface area contributed by atoms with Crippen molar-refractivity contribution in [2.24, 2.45) is 5.73 Å². The maximum Gasteiger partial charge on any atom is 0.135 e. The molecule has 1 aromatic heterocycles. The van der Waals surface area contributed by atoms with Crippen LogP contribution in [0.4, 0.5) is 0 Å². The predicted octanol–water partition coefficient (Wildman–Crippen LogP) is 1.44. The molecular formula is C12H15NO3. The Labute approximate surface area is 93.6 Å². The van der Waals surface area contributed by atoms with Gasteiger partial charge in [0.05, 0.1) is 13.2 Å². The molecule has 4 nitrogen and oxygen atoms in total. The molecule has 3 N–H and O–H groups in total. The second-order valence-corrected chi connectivity index (χ2v) is 3.51. The lowest BCUT2D eigenvalue weighted by Gasteiger charge is -2.11. The zero-order valence-electron chi connectivity index (χ0n) is 8.93. The first kappa shape index (κ1) is 11.1. The van der Waals surface area contributed by atoms with Gasteiger partial charge in [-0.1, -0.05) is 18.2 Å². The van der Waals surface area contributed by atoms with Crippen LogP contribution in [-0.2, 0) is 4.74 Å². The first-order chi connectivity index (χ1) is 7.85. The summed E-state index contributed by atoms with van der Waals surface area (Å²) in [5.41, 5.74) is 6.42. The third-order valence-electron chi connectivity index (χ3n) is 2.39. The smallest absolute Gasteiger partial charge is 0.135 e. The summed E-state index contributed by atoms with van der Waals surface area (Å²) in [5, 5.41) is 9.73. The molecule has 0 aliphatic carbocycles. The van der Waals surface area contributed by atoms with E-state index in [0.29, 0.717) is 12.3 Å². The topological polar surface area (TPSA) is 68.6 Å². The number of aliphatic hydroxyl groups is 1. The Bertz CT molecular complexity index is 419. The fraction of sp³-hybridized carbons (Fsp3) is 0.333. The van der Waals surface area contributed by atoms with Crippen molar-refractivity contribution in [3.05, 3.63) is 36.1 Å². The zero-order valence-corrected chi connectivity index (χ0v) is 8.93. The Balaban J connectivity index is 2.23. The van der Waals surface area contributed by atoms with Crippen LogP contribution in [-0.4, -0.2) is 24.9 Å². The second-order valence-electron chi connectivity index (χ2n) is 3.51. The maximum absolute atomic E-state index is 8.70. The number of nitrogens with two attached hydrogens (primary N) is 1. The highest BCUT2D eigenvalue weighted by Crippen LogP contribution is 2.25. The number of furan rings is 1. The van der Waals surface area contributed by atoms with Crippen LogP contribution in [0.3, 0.4) is 0 Å². The fourth-order valence-electron chi connectivity index (χ4n) is 1.62. The molecule has 0 saturated heterocycles. The molecule has 1 heterocycles. The summed E-state index contributed by atoms with van der Waals surface area (Å²) in [7, 11) is 0. The summed E-state index contributed by atoms with van der Waals surface area (Å²) in [6.07, 6.45) is -0.292. The van der Waals surface area contributed by atoms with E-state index in [1.54, 1.807) is 0 Å². The van der Waals surface area contributed by atoms with Crippen LogP contribution >= 0.6 is 0 Å². The van der Waals surface area contributed by atoms with Crippen LogP contribution < -0.4 is 5.73 Å². The van der Waals surface area contributed by atoms with Crippen LogP contribution in [0.2, 0.25) is 0 Å². The summed E-state index contributed by atoms with van der Waals surface area (Å²) < 4.78 is 11.0. The van der Waals surface area contributed by atoms with Gasteiger partial charge in [-0.2, -0.15) is 0 Å². The number of rotatable bonds is 5. The molecule has 0 aliphatic rings. The van der Waals surface area contributed by atoms with Crippen LogP contribution in [0.1, 0.15) is 11.9 Å². The molecule has 1 unspecified atom stereocenters. The maximum atomic E-state index is 8.70. The molecule has 0 fully saturated rings. The molecule has 2 aromatic rings.